The molecule has 0 spiro atoms. The predicted octanol–water partition coefficient (Wildman–Crippen LogP) is 0.984. The summed E-state index contributed by atoms with van der Waals surface area (Å²) < 4.78 is 1.78. The summed E-state index contributed by atoms with van der Waals surface area (Å²) in [5.41, 5.74) is 6.78. The van der Waals surface area contributed by atoms with Gasteiger partial charge in [-0.3, -0.25) is 0 Å². The second-order valence-electron chi connectivity index (χ2n) is 2.78. The van der Waals surface area contributed by atoms with Crippen LogP contribution in [-0.2, 0) is 0 Å². The second-order valence-corrected chi connectivity index (χ2v) is 2.78. The second kappa shape index (κ2) is 2.48. The van der Waals surface area contributed by atoms with Crippen LogP contribution in [0.1, 0.15) is 12.5 Å². The number of nitrogens with zero attached hydrogens (tertiary/aromatic N) is 4. The van der Waals surface area contributed by atoms with Crippen LogP contribution in [0.2, 0.25) is 0 Å². The van der Waals surface area contributed by atoms with Crippen LogP contribution in [0.3, 0.4) is 0 Å². The fourth-order valence-electron chi connectivity index (χ4n) is 1.08. The highest BCUT2D eigenvalue weighted by molar-refractivity contribution is 6.17. The lowest BCUT2D eigenvalue weighted by atomic mass is 10.3. The van der Waals surface area contributed by atoms with Gasteiger partial charge in [-0.15, -0.1) is 0 Å². The summed E-state index contributed by atoms with van der Waals surface area (Å²) in [6, 6.07) is 0. The molecular weight excluding hydrogens is 152 g/mol. The van der Waals surface area contributed by atoms with Crippen molar-refractivity contribution in [2.45, 2.75) is 13.8 Å². The summed E-state index contributed by atoms with van der Waals surface area (Å²) in [5.74, 6) is 0. The molecule has 4 heteroatoms. The van der Waals surface area contributed by atoms with Gasteiger partial charge in [0.05, 0.1) is 18.1 Å². The van der Waals surface area contributed by atoms with Gasteiger partial charge in [-0.05, 0) is 19.4 Å². The number of aromatic nitrogens is 2. The number of allylic oxidation sites excluding steroid dienone is 1. The number of hydrogen-bond donors (Lipinski definition) is 0. The van der Waals surface area contributed by atoms with E-state index in [1.807, 2.05) is 26.2 Å². The molecule has 61 valence electrons. The van der Waals surface area contributed by atoms with Gasteiger partial charge in [0.15, 0.2) is 0 Å². The number of rotatable bonds is 1. The van der Waals surface area contributed by atoms with Crippen LogP contribution in [0.25, 0.3) is 5.70 Å². The Hall–Kier alpha value is -1.58. The van der Waals surface area contributed by atoms with E-state index < -0.39 is 0 Å². The van der Waals surface area contributed by atoms with Crippen molar-refractivity contribution >= 4 is 11.4 Å². The number of aryl methyl sites for hydroxylation is 1. The molecule has 0 atom stereocenters. The standard InChI is InChI=1S/C8H9N4/c1-6-3-10-12(5-6)8-4-9-11-7(8)2/h3-5H,1-2H3. The number of hydrogen-bond acceptors (Lipinski definition) is 2. The van der Waals surface area contributed by atoms with E-state index >= 15 is 0 Å². The zero-order valence-corrected chi connectivity index (χ0v) is 7.02. The molecule has 0 amide bonds. The van der Waals surface area contributed by atoms with Gasteiger partial charge in [0.1, 0.15) is 5.70 Å². The van der Waals surface area contributed by atoms with E-state index in [2.05, 4.69) is 15.6 Å². The Kier molecular flexibility index (Phi) is 1.46. The van der Waals surface area contributed by atoms with Gasteiger partial charge in [-0.25, -0.2) is 4.68 Å². The highest BCUT2D eigenvalue weighted by Gasteiger charge is 2.10. The first-order chi connectivity index (χ1) is 5.77. The minimum atomic E-state index is 0.901. The summed E-state index contributed by atoms with van der Waals surface area (Å²) in [4.78, 5) is 0. The van der Waals surface area contributed by atoms with E-state index in [1.165, 1.54) is 0 Å². The largest absolute Gasteiger partial charge is 0.237 e. The maximum atomic E-state index is 4.16. The van der Waals surface area contributed by atoms with Crippen LogP contribution < -0.4 is 5.43 Å². The summed E-state index contributed by atoms with van der Waals surface area (Å²) in [6.45, 7) is 3.92. The first-order valence-electron chi connectivity index (χ1n) is 3.74. The fourth-order valence-corrected chi connectivity index (χ4v) is 1.08. The molecular formula is C8H9N4. The van der Waals surface area contributed by atoms with Crippen molar-refractivity contribution in [2.24, 2.45) is 5.10 Å². The van der Waals surface area contributed by atoms with Crippen molar-refractivity contribution in [1.29, 1.82) is 0 Å². The van der Waals surface area contributed by atoms with Gasteiger partial charge in [-0.1, -0.05) is 0 Å². The van der Waals surface area contributed by atoms with E-state index in [4.69, 9.17) is 0 Å². The molecule has 12 heavy (non-hydrogen) atoms. The molecule has 0 saturated heterocycles. The molecule has 0 unspecified atom stereocenters. The van der Waals surface area contributed by atoms with Crippen LogP contribution in [-0.4, -0.2) is 15.5 Å². The van der Waals surface area contributed by atoms with Crippen molar-refractivity contribution in [1.82, 2.24) is 15.2 Å². The van der Waals surface area contributed by atoms with Gasteiger partial charge in [0, 0.05) is 6.20 Å². The lowest BCUT2D eigenvalue weighted by molar-refractivity contribution is 0.910. The van der Waals surface area contributed by atoms with Gasteiger partial charge < -0.3 is 0 Å². The van der Waals surface area contributed by atoms with Crippen molar-refractivity contribution in [2.75, 3.05) is 0 Å². The molecule has 0 aromatic carbocycles. The first-order valence-corrected chi connectivity index (χ1v) is 3.74. The summed E-state index contributed by atoms with van der Waals surface area (Å²) in [7, 11) is 0. The summed E-state index contributed by atoms with van der Waals surface area (Å²) in [5, 5.41) is 8.05. The van der Waals surface area contributed by atoms with Crippen LogP contribution in [0.4, 0.5) is 0 Å². The third-order valence-electron chi connectivity index (χ3n) is 1.72. The van der Waals surface area contributed by atoms with Crippen LogP contribution in [0, 0.1) is 6.92 Å². The monoisotopic (exact) mass is 161 g/mol. The topological polar surface area (TPSA) is 44.3 Å². The lowest BCUT2D eigenvalue weighted by Gasteiger charge is -1.98. The molecule has 4 nitrogen and oxygen atoms in total. The zero-order chi connectivity index (χ0) is 8.55. The maximum Gasteiger partial charge on any atom is 0.108 e. The Labute approximate surface area is 70.6 Å². The summed E-state index contributed by atoms with van der Waals surface area (Å²) >= 11 is 0. The van der Waals surface area contributed by atoms with E-state index in [0.717, 1.165) is 17.0 Å². The molecule has 2 heterocycles. The molecule has 1 aromatic rings. The Bertz CT molecular complexity index is 359. The van der Waals surface area contributed by atoms with E-state index in [1.54, 1.807) is 10.9 Å². The minimum absolute atomic E-state index is 0.901. The molecule has 0 saturated carbocycles. The SMILES string of the molecule is CC1=N[N]C=C1n1cc(C)cn1. The smallest absolute Gasteiger partial charge is 0.108 e. The Balaban J connectivity index is 2.38. The zero-order valence-electron chi connectivity index (χ0n) is 7.02. The minimum Gasteiger partial charge on any atom is -0.237 e. The Morgan fingerprint density at radius 1 is 1.33 bits per heavy atom. The Morgan fingerprint density at radius 3 is 2.67 bits per heavy atom. The van der Waals surface area contributed by atoms with Crippen LogP contribution in [0.5, 0.6) is 0 Å². The van der Waals surface area contributed by atoms with Gasteiger partial charge in [-0.2, -0.15) is 15.6 Å². The van der Waals surface area contributed by atoms with Crippen molar-refractivity contribution in [3.63, 3.8) is 0 Å². The quantitative estimate of drug-likeness (QED) is 0.605. The average Bonchev–Trinajstić information content (AvgIpc) is 2.58. The summed E-state index contributed by atoms with van der Waals surface area (Å²) in [6.07, 6.45) is 5.47. The average molecular weight is 161 g/mol. The highest BCUT2D eigenvalue weighted by atomic mass is 15.4. The van der Waals surface area contributed by atoms with E-state index in [0.29, 0.717) is 0 Å². The molecule has 1 aliphatic rings. The normalized spacial score (nSPS) is 15.5. The van der Waals surface area contributed by atoms with Crippen LogP contribution >= 0.6 is 0 Å². The molecule has 0 bridgehead atoms. The van der Waals surface area contributed by atoms with Crippen LogP contribution in [0.15, 0.2) is 23.7 Å². The highest BCUT2D eigenvalue weighted by Crippen LogP contribution is 2.10. The third kappa shape index (κ3) is 1.01. The molecule has 1 radical (unpaired) electrons. The Morgan fingerprint density at radius 2 is 2.17 bits per heavy atom. The molecule has 0 N–H and O–H groups in total. The fraction of sp³-hybridized carbons (Fsp3) is 0.250. The van der Waals surface area contributed by atoms with E-state index in [9.17, 15) is 0 Å². The van der Waals surface area contributed by atoms with Crippen molar-refractivity contribution < 1.29 is 0 Å². The van der Waals surface area contributed by atoms with Gasteiger partial charge in [0.2, 0.25) is 0 Å². The van der Waals surface area contributed by atoms with E-state index in [-0.39, 0.29) is 0 Å². The molecule has 2 rings (SSSR count). The van der Waals surface area contributed by atoms with Crippen molar-refractivity contribution in [3.05, 3.63) is 24.2 Å². The lowest BCUT2D eigenvalue weighted by Crippen LogP contribution is -2.02. The first kappa shape index (κ1) is 7.09. The molecule has 0 aliphatic carbocycles. The molecule has 1 aromatic heterocycles. The predicted molar refractivity (Wildman–Crippen MR) is 46.5 cm³/mol. The molecule has 1 aliphatic heterocycles. The molecule has 0 fully saturated rings. The van der Waals surface area contributed by atoms with Gasteiger partial charge in [0.25, 0.3) is 0 Å². The van der Waals surface area contributed by atoms with Crippen molar-refractivity contribution in [3.8, 4) is 0 Å². The van der Waals surface area contributed by atoms with Gasteiger partial charge >= 0.3 is 0 Å². The maximum absolute atomic E-state index is 4.16. The third-order valence-corrected chi connectivity index (χ3v) is 1.72.